The molecular formula is C16H30N4OS. The van der Waals surface area contributed by atoms with Crippen molar-refractivity contribution in [3.63, 3.8) is 0 Å². The van der Waals surface area contributed by atoms with Crippen molar-refractivity contribution in [2.75, 3.05) is 40.0 Å². The van der Waals surface area contributed by atoms with Crippen LogP contribution in [0.1, 0.15) is 38.5 Å². The van der Waals surface area contributed by atoms with Crippen LogP contribution in [-0.2, 0) is 4.79 Å². The number of hydrogen-bond donors (Lipinski definition) is 2. The number of guanidine groups is 1. The molecule has 0 aromatic heterocycles. The first-order valence-corrected chi connectivity index (χ1v) is 9.40. The summed E-state index contributed by atoms with van der Waals surface area (Å²) in [5.74, 6) is 2.35. The fourth-order valence-corrected chi connectivity index (χ4v) is 4.68. The minimum Gasteiger partial charge on any atom is -0.355 e. The largest absolute Gasteiger partial charge is 0.355 e. The molecule has 2 aliphatic rings. The van der Waals surface area contributed by atoms with E-state index in [1.807, 2.05) is 25.9 Å². The first-order valence-electron chi connectivity index (χ1n) is 8.35. The van der Waals surface area contributed by atoms with E-state index < -0.39 is 0 Å². The van der Waals surface area contributed by atoms with E-state index in [9.17, 15) is 4.79 Å². The van der Waals surface area contributed by atoms with E-state index in [0.29, 0.717) is 11.8 Å². The van der Waals surface area contributed by atoms with Gasteiger partial charge in [-0.05, 0) is 31.4 Å². The molecule has 1 saturated heterocycles. The zero-order valence-electron chi connectivity index (χ0n) is 14.2. The van der Waals surface area contributed by atoms with Crippen molar-refractivity contribution in [1.82, 2.24) is 15.5 Å². The number of thioether (sulfide) groups is 1. The molecule has 0 bridgehead atoms. The quantitative estimate of drug-likeness (QED) is 0.596. The first kappa shape index (κ1) is 17.4. The van der Waals surface area contributed by atoms with E-state index >= 15 is 0 Å². The fraction of sp³-hybridized carbons (Fsp3) is 0.875. The third kappa shape index (κ3) is 4.31. The van der Waals surface area contributed by atoms with Crippen molar-refractivity contribution >= 4 is 23.6 Å². The molecule has 1 amide bonds. The van der Waals surface area contributed by atoms with Crippen LogP contribution in [0.3, 0.4) is 0 Å². The lowest BCUT2D eigenvalue weighted by molar-refractivity contribution is -0.138. The van der Waals surface area contributed by atoms with Crippen LogP contribution in [0.15, 0.2) is 4.99 Å². The second-order valence-corrected chi connectivity index (χ2v) is 8.04. The van der Waals surface area contributed by atoms with Crippen molar-refractivity contribution in [3.05, 3.63) is 0 Å². The van der Waals surface area contributed by atoms with Gasteiger partial charge < -0.3 is 15.5 Å². The van der Waals surface area contributed by atoms with Gasteiger partial charge in [0, 0.05) is 39.5 Å². The number of carbonyl (C=O) groups is 1. The summed E-state index contributed by atoms with van der Waals surface area (Å²) in [6, 6.07) is 0. The molecule has 126 valence electrons. The van der Waals surface area contributed by atoms with Gasteiger partial charge in [0.2, 0.25) is 5.91 Å². The molecule has 1 aliphatic carbocycles. The lowest BCUT2D eigenvalue weighted by Crippen LogP contribution is -2.49. The fourth-order valence-electron chi connectivity index (χ4n) is 3.48. The minimum absolute atomic E-state index is 0.247. The number of aliphatic imine (C=N–C) groups is 1. The molecule has 2 fully saturated rings. The van der Waals surface area contributed by atoms with Crippen LogP contribution < -0.4 is 10.6 Å². The average Bonchev–Trinajstić information content (AvgIpc) is 3.18. The summed E-state index contributed by atoms with van der Waals surface area (Å²) in [6.07, 6.45) is 6.86. The maximum absolute atomic E-state index is 12.6. The summed E-state index contributed by atoms with van der Waals surface area (Å²) in [6.45, 7) is 1.64. The molecule has 1 unspecified atom stereocenters. The van der Waals surface area contributed by atoms with Gasteiger partial charge in [-0.15, -0.1) is 0 Å². The third-order valence-corrected chi connectivity index (χ3v) is 6.16. The van der Waals surface area contributed by atoms with E-state index in [2.05, 4.69) is 15.6 Å². The Hall–Kier alpha value is -0.910. The Kier molecular flexibility index (Phi) is 6.41. The summed E-state index contributed by atoms with van der Waals surface area (Å²) in [5, 5.41) is 7.50. The summed E-state index contributed by atoms with van der Waals surface area (Å²) >= 11 is 2.04. The molecule has 1 saturated carbocycles. The van der Waals surface area contributed by atoms with Crippen LogP contribution in [-0.4, -0.2) is 62.0 Å². The van der Waals surface area contributed by atoms with Gasteiger partial charge in [-0.25, -0.2) is 0 Å². The van der Waals surface area contributed by atoms with Crippen LogP contribution in [0.5, 0.6) is 0 Å². The molecule has 1 aliphatic heterocycles. The van der Waals surface area contributed by atoms with Gasteiger partial charge in [0.25, 0.3) is 0 Å². The van der Waals surface area contributed by atoms with Crippen molar-refractivity contribution in [2.45, 2.75) is 43.8 Å². The number of hydrogen-bond acceptors (Lipinski definition) is 3. The third-order valence-electron chi connectivity index (χ3n) is 4.76. The highest BCUT2D eigenvalue weighted by Gasteiger charge is 2.42. The van der Waals surface area contributed by atoms with Crippen LogP contribution in [0.25, 0.3) is 0 Å². The molecule has 0 spiro atoms. The maximum Gasteiger partial charge on any atom is 0.230 e. The van der Waals surface area contributed by atoms with Gasteiger partial charge >= 0.3 is 0 Å². The van der Waals surface area contributed by atoms with Crippen LogP contribution >= 0.6 is 11.8 Å². The highest BCUT2D eigenvalue weighted by atomic mass is 32.2. The minimum atomic E-state index is -0.247. The topological polar surface area (TPSA) is 56.7 Å². The van der Waals surface area contributed by atoms with Crippen LogP contribution in [0, 0.1) is 5.41 Å². The highest BCUT2D eigenvalue weighted by Crippen LogP contribution is 2.38. The average molecular weight is 327 g/mol. The SMILES string of the molecule is CN=C(NCC1CCCS1)NCC1(C(=O)N(C)C)CCCC1. The Bertz CT molecular complexity index is 399. The predicted molar refractivity (Wildman–Crippen MR) is 94.4 cm³/mol. The number of nitrogens with one attached hydrogen (secondary N) is 2. The Labute approximate surface area is 138 Å². The van der Waals surface area contributed by atoms with Crippen LogP contribution in [0.2, 0.25) is 0 Å². The number of nitrogens with zero attached hydrogens (tertiary/aromatic N) is 2. The van der Waals surface area contributed by atoms with Gasteiger partial charge in [-0.2, -0.15) is 11.8 Å². The number of amides is 1. The standard InChI is InChI=1S/C16H30N4OS/c1-17-15(18-11-13-7-6-10-22-13)19-12-16(8-4-5-9-16)14(21)20(2)3/h13H,4-12H2,1-3H3,(H2,17,18,19). The normalized spacial score (nSPS) is 24.3. The predicted octanol–water partition coefficient (Wildman–Crippen LogP) is 1.70. The van der Waals surface area contributed by atoms with Crippen LogP contribution in [0.4, 0.5) is 0 Å². The summed E-state index contributed by atoms with van der Waals surface area (Å²) in [5.41, 5.74) is -0.247. The summed E-state index contributed by atoms with van der Waals surface area (Å²) < 4.78 is 0. The molecule has 2 rings (SSSR count). The maximum atomic E-state index is 12.6. The molecule has 1 atom stereocenters. The molecule has 0 aromatic rings. The lowest BCUT2D eigenvalue weighted by Gasteiger charge is -2.31. The number of carbonyl (C=O) groups excluding carboxylic acids is 1. The lowest BCUT2D eigenvalue weighted by atomic mass is 9.84. The Balaban J connectivity index is 1.85. The highest BCUT2D eigenvalue weighted by molar-refractivity contribution is 8.00. The van der Waals surface area contributed by atoms with Crippen molar-refractivity contribution in [1.29, 1.82) is 0 Å². The summed E-state index contributed by atoms with van der Waals surface area (Å²) in [7, 11) is 5.51. The molecule has 0 radical (unpaired) electrons. The molecule has 5 nitrogen and oxygen atoms in total. The number of rotatable bonds is 5. The Morgan fingerprint density at radius 2 is 2.00 bits per heavy atom. The molecule has 2 N–H and O–H groups in total. The van der Waals surface area contributed by atoms with E-state index in [4.69, 9.17) is 0 Å². The second-order valence-electron chi connectivity index (χ2n) is 6.63. The molecule has 22 heavy (non-hydrogen) atoms. The van der Waals surface area contributed by atoms with E-state index in [0.717, 1.165) is 38.2 Å². The molecule has 6 heteroatoms. The monoisotopic (exact) mass is 326 g/mol. The molecular weight excluding hydrogens is 296 g/mol. The van der Waals surface area contributed by atoms with Crippen molar-refractivity contribution in [3.8, 4) is 0 Å². The molecule has 0 aromatic carbocycles. The summed E-state index contributed by atoms with van der Waals surface area (Å²) in [4.78, 5) is 18.6. The van der Waals surface area contributed by atoms with E-state index in [-0.39, 0.29) is 11.3 Å². The van der Waals surface area contributed by atoms with Gasteiger partial charge in [-0.1, -0.05) is 12.8 Å². The first-order chi connectivity index (χ1) is 10.6. The van der Waals surface area contributed by atoms with Gasteiger partial charge in [0.05, 0.1) is 5.41 Å². The smallest absolute Gasteiger partial charge is 0.230 e. The van der Waals surface area contributed by atoms with Crippen molar-refractivity contribution < 1.29 is 4.79 Å². The van der Waals surface area contributed by atoms with E-state index in [1.165, 1.54) is 18.6 Å². The van der Waals surface area contributed by atoms with Gasteiger partial charge in [-0.3, -0.25) is 9.79 Å². The Morgan fingerprint density at radius 3 is 2.55 bits per heavy atom. The Morgan fingerprint density at radius 1 is 1.27 bits per heavy atom. The zero-order valence-corrected chi connectivity index (χ0v) is 15.0. The van der Waals surface area contributed by atoms with Crippen molar-refractivity contribution in [2.24, 2.45) is 10.4 Å². The zero-order chi connectivity index (χ0) is 16.0. The second kappa shape index (κ2) is 8.09. The van der Waals surface area contributed by atoms with Gasteiger partial charge in [0.15, 0.2) is 5.96 Å². The van der Waals surface area contributed by atoms with E-state index in [1.54, 1.807) is 11.9 Å². The molecule has 1 heterocycles. The van der Waals surface area contributed by atoms with Gasteiger partial charge in [0.1, 0.15) is 0 Å².